The van der Waals surface area contributed by atoms with Gasteiger partial charge in [0.1, 0.15) is 0 Å². The van der Waals surface area contributed by atoms with Gasteiger partial charge in [-0.05, 0) is 37.6 Å². The van der Waals surface area contributed by atoms with Crippen molar-refractivity contribution >= 4 is 10.8 Å². The zero-order valence-corrected chi connectivity index (χ0v) is 16.5. The molecule has 5 rings (SSSR count). The third kappa shape index (κ3) is 2.99. The van der Waals surface area contributed by atoms with Crippen LogP contribution in [0.15, 0.2) is 82.1 Å². The van der Waals surface area contributed by atoms with Crippen molar-refractivity contribution in [3.63, 3.8) is 0 Å². The first-order valence-electron chi connectivity index (χ1n) is 9.61. The van der Waals surface area contributed by atoms with Crippen molar-refractivity contribution in [2.75, 3.05) is 0 Å². The minimum absolute atomic E-state index is 0.197. The average Bonchev–Trinajstić information content (AvgIpc) is 3.25. The molecule has 0 bridgehead atoms. The van der Waals surface area contributed by atoms with Crippen molar-refractivity contribution in [1.82, 2.24) is 19.9 Å². The number of rotatable bonds is 3. The van der Waals surface area contributed by atoms with Gasteiger partial charge in [0, 0.05) is 10.9 Å². The molecule has 0 atom stereocenters. The first-order valence-corrected chi connectivity index (χ1v) is 9.61. The highest BCUT2D eigenvalue weighted by Crippen LogP contribution is 2.27. The van der Waals surface area contributed by atoms with E-state index in [9.17, 15) is 4.79 Å². The second-order valence-electron chi connectivity index (χ2n) is 7.18. The van der Waals surface area contributed by atoms with Gasteiger partial charge in [0.15, 0.2) is 5.69 Å². The van der Waals surface area contributed by atoms with E-state index in [0.717, 1.165) is 16.7 Å². The molecule has 6 heteroatoms. The molecule has 0 N–H and O–H groups in total. The summed E-state index contributed by atoms with van der Waals surface area (Å²) in [4.78, 5) is 17.7. The molecule has 0 radical (unpaired) electrons. The Bertz CT molecular complexity index is 1430. The summed E-state index contributed by atoms with van der Waals surface area (Å²) in [7, 11) is 0. The van der Waals surface area contributed by atoms with E-state index < -0.39 is 0 Å². The summed E-state index contributed by atoms with van der Waals surface area (Å²) in [5.41, 5.74) is 4.00. The average molecular weight is 394 g/mol. The fourth-order valence-electron chi connectivity index (χ4n) is 3.46. The largest absolute Gasteiger partial charge is 0.332 e. The van der Waals surface area contributed by atoms with Gasteiger partial charge in [-0.1, -0.05) is 65.3 Å². The Balaban J connectivity index is 1.74. The number of aromatic nitrogens is 4. The molecule has 146 valence electrons. The molecule has 30 heavy (non-hydrogen) atoms. The van der Waals surface area contributed by atoms with Crippen LogP contribution in [0.2, 0.25) is 0 Å². The second-order valence-corrected chi connectivity index (χ2v) is 7.18. The fourth-order valence-corrected chi connectivity index (χ4v) is 3.46. The monoisotopic (exact) mass is 394 g/mol. The van der Waals surface area contributed by atoms with E-state index in [1.807, 2.05) is 80.6 Å². The Morgan fingerprint density at radius 1 is 0.833 bits per heavy atom. The van der Waals surface area contributed by atoms with Crippen LogP contribution < -0.4 is 5.56 Å². The number of benzene rings is 3. The van der Waals surface area contributed by atoms with Crippen molar-refractivity contribution in [3.05, 3.63) is 94.3 Å². The summed E-state index contributed by atoms with van der Waals surface area (Å²) >= 11 is 0. The molecular weight excluding hydrogens is 376 g/mol. The minimum Gasteiger partial charge on any atom is -0.332 e. The van der Waals surface area contributed by atoms with Crippen molar-refractivity contribution in [1.29, 1.82) is 0 Å². The van der Waals surface area contributed by atoms with Gasteiger partial charge < -0.3 is 4.52 Å². The van der Waals surface area contributed by atoms with Gasteiger partial charge in [-0.25, -0.2) is 0 Å². The van der Waals surface area contributed by atoms with Crippen LogP contribution in [0.5, 0.6) is 0 Å². The highest BCUT2D eigenvalue weighted by molar-refractivity contribution is 5.92. The lowest BCUT2D eigenvalue weighted by atomic mass is 10.1. The van der Waals surface area contributed by atoms with Crippen LogP contribution in [0.1, 0.15) is 11.1 Å². The normalized spacial score (nSPS) is 11.1. The first-order chi connectivity index (χ1) is 14.6. The molecule has 3 aromatic carbocycles. The molecule has 0 unspecified atom stereocenters. The molecule has 0 amide bonds. The SMILES string of the molecule is Cc1ccc(-n2nc(-c3nc(-c4ccccc4C)no3)c3ccccc3c2=O)cc1. The quantitative estimate of drug-likeness (QED) is 0.443. The number of nitrogens with zero attached hydrogens (tertiary/aromatic N) is 4. The molecule has 0 aliphatic heterocycles. The van der Waals surface area contributed by atoms with Crippen LogP contribution >= 0.6 is 0 Å². The summed E-state index contributed by atoms with van der Waals surface area (Å²) in [5.74, 6) is 0.757. The van der Waals surface area contributed by atoms with Gasteiger partial charge in [0.25, 0.3) is 11.4 Å². The number of hydrogen-bond donors (Lipinski definition) is 0. The molecular formula is C24H18N4O2. The van der Waals surface area contributed by atoms with Crippen molar-refractivity contribution in [3.8, 4) is 28.7 Å². The first kappa shape index (κ1) is 18.0. The maximum atomic E-state index is 13.1. The minimum atomic E-state index is -0.197. The number of aryl methyl sites for hydroxylation is 2. The number of fused-ring (bicyclic) bond motifs is 1. The smallest absolute Gasteiger partial charge is 0.279 e. The Hall–Kier alpha value is -4.06. The van der Waals surface area contributed by atoms with Gasteiger partial charge in [-0.15, -0.1) is 0 Å². The summed E-state index contributed by atoms with van der Waals surface area (Å²) in [5, 5.41) is 9.97. The van der Waals surface area contributed by atoms with E-state index in [2.05, 4.69) is 15.2 Å². The summed E-state index contributed by atoms with van der Waals surface area (Å²) < 4.78 is 6.96. The summed E-state index contributed by atoms with van der Waals surface area (Å²) in [6, 6.07) is 22.8. The van der Waals surface area contributed by atoms with E-state index in [1.165, 1.54) is 4.68 Å². The summed E-state index contributed by atoms with van der Waals surface area (Å²) in [6.07, 6.45) is 0. The van der Waals surface area contributed by atoms with Crippen molar-refractivity contribution in [2.24, 2.45) is 0 Å². The van der Waals surface area contributed by atoms with E-state index in [0.29, 0.717) is 28.0 Å². The number of hydrogen-bond acceptors (Lipinski definition) is 5. The van der Waals surface area contributed by atoms with Gasteiger partial charge in [-0.3, -0.25) is 4.79 Å². The third-order valence-electron chi connectivity index (χ3n) is 5.10. The van der Waals surface area contributed by atoms with Crippen molar-refractivity contribution < 1.29 is 4.52 Å². The zero-order valence-electron chi connectivity index (χ0n) is 16.5. The molecule has 2 heterocycles. The van der Waals surface area contributed by atoms with Gasteiger partial charge in [0.05, 0.1) is 11.1 Å². The maximum Gasteiger partial charge on any atom is 0.279 e. The molecule has 0 saturated carbocycles. The predicted molar refractivity (Wildman–Crippen MR) is 116 cm³/mol. The fraction of sp³-hybridized carbons (Fsp3) is 0.0833. The van der Waals surface area contributed by atoms with Crippen LogP contribution in [-0.2, 0) is 0 Å². The molecule has 0 fully saturated rings. The van der Waals surface area contributed by atoms with E-state index in [1.54, 1.807) is 6.07 Å². The molecule has 0 aliphatic carbocycles. The molecule has 6 nitrogen and oxygen atoms in total. The van der Waals surface area contributed by atoms with Crippen LogP contribution in [0.3, 0.4) is 0 Å². The van der Waals surface area contributed by atoms with Crippen LogP contribution in [0.25, 0.3) is 39.4 Å². The molecule has 0 aliphatic rings. The van der Waals surface area contributed by atoms with E-state index in [-0.39, 0.29) is 11.4 Å². The highest BCUT2D eigenvalue weighted by atomic mass is 16.5. The zero-order chi connectivity index (χ0) is 20.7. The Morgan fingerprint density at radius 2 is 1.53 bits per heavy atom. The Labute approximate surface area is 172 Å². The van der Waals surface area contributed by atoms with E-state index >= 15 is 0 Å². The molecule has 0 saturated heterocycles. The van der Waals surface area contributed by atoms with Crippen LogP contribution in [0.4, 0.5) is 0 Å². The summed E-state index contributed by atoms with van der Waals surface area (Å²) in [6.45, 7) is 3.99. The Kier molecular flexibility index (Phi) is 4.25. The predicted octanol–water partition coefficient (Wildman–Crippen LogP) is 4.72. The van der Waals surface area contributed by atoms with Crippen LogP contribution in [0, 0.1) is 13.8 Å². The third-order valence-corrected chi connectivity index (χ3v) is 5.10. The topological polar surface area (TPSA) is 73.8 Å². The maximum absolute atomic E-state index is 13.1. The highest BCUT2D eigenvalue weighted by Gasteiger charge is 2.19. The van der Waals surface area contributed by atoms with Gasteiger partial charge in [0.2, 0.25) is 5.82 Å². The molecule has 5 aromatic rings. The standard InChI is InChI=1S/C24H18N4O2/c1-15-11-13-17(14-12-15)28-24(29)20-10-6-5-9-19(20)21(26-28)23-25-22(27-30-23)18-8-4-3-7-16(18)2/h3-14H,1-2H3. The van der Waals surface area contributed by atoms with Gasteiger partial charge >= 0.3 is 0 Å². The molecule has 0 spiro atoms. The van der Waals surface area contributed by atoms with Crippen LogP contribution in [-0.4, -0.2) is 19.9 Å². The second kappa shape index (κ2) is 7.08. The molecule has 2 aromatic heterocycles. The lowest BCUT2D eigenvalue weighted by Gasteiger charge is -2.09. The van der Waals surface area contributed by atoms with Crippen molar-refractivity contribution in [2.45, 2.75) is 13.8 Å². The van der Waals surface area contributed by atoms with Gasteiger partial charge in [-0.2, -0.15) is 14.8 Å². The van der Waals surface area contributed by atoms with E-state index in [4.69, 9.17) is 4.52 Å². The lowest BCUT2D eigenvalue weighted by molar-refractivity contribution is 0.430. The Morgan fingerprint density at radius 3 is 2.30 bits per heavy atom. The lowest BCUT2D eigenvalue weighted by Crippen LogP contribution is -2.22.